The maximum Gasteiger partial charge on any atom is 0.411 e. The van der Waals surface area contributed by atoms with Gasteiger partial charge in [0.1, 0.15) is 17.5 Å². The molecule has 5 N–H and O–H groups in total. The molecule has 0 bridgehead atoms. The molecule has 4 atom stereocenters. The van der Waals surface area contributed by atoms with Gasteiger partial charge >= 0.3 is 6.09 Å². The zero-order valence-corrected chi connectivity index (χ0v) is 33.6. The van der Waals surface area contributed by atoms with Gasteiger partial charge < -0.3 is 44.9 Å². The maximum atomic E-state index is 12.9. The van der Waals surface area contributed by atoms with Gasteiger partial charge in [-0.05, 0) is 72.4 Å². The van der Waals surface area contributed by atoms with Gasteiger partial charge in [-0.3, -0.25) is 14.9 Å². The van der Waals surface area contributed by atoms with Crippen molar-refractivity contribution >= 4 is 29.3 Å². The first kappa shape index (κ1) is 41.7. The molecule has 7 rings (SSSR count). The third-order valence-electron chi connectivity index (χ3n) is 11.5. The second-order valence-electron chi connectivity index (χ2n) is 15.7. The number of aliphatic hydroxyl groups is 1. The summed E-state index contributed by atoms with van der Waals surface area (Å²) in [5.74, 6) is 0.823. The second kappa shape index (κ2) is 20.0. The van der Waals surface area contributed by atoms with Gasteiger partial charge in [-0.1, -0.05) is 72.8 Å². The van der Waals surface area contributed by atoms with Crippen molar-refractivity contribution in [3.8, 4) is 22.6 Å². The first-order valence-electron chi connectivity index (χ1n) is 20.6. The summed E-state index contributed by atoms with van der Waals surface area (Å²) < 4.78 is 17.2. The summed E-state index contributed by atoms with van der Waals surface area (Å²) >= 11 is 0. The lowest BCUT2D eigenvalue weighted by Gasteiger charge is -2.24. The summed E-state index contributed by atoms with van der Waals surface area (Å²) in [6.07, 6.45) is 2.44. The van der Waals surface area contributed by atoms with Crippen LogP contribution in [0.1, 0.15) is 42.1 Å². The first-order chi connectivity index (χ1) is 28.7. The molecular formula is C46H55N5O8. The normalized spacial score (nSPS) is 18.9. The fourth-order valence-corrected chi connectivity index (χ4v) is 8.40. The van der Waals surface area contributed by atoms with Crippen LogP contribution in [0.25, 0.3) is 11.1 Å². The van der Waals surface area contributed by atoms with Crippen LogP contribution in [0.4, 0.5) is 16.2 Å². The number of anilines is 2. The molecule has 2 fully saturated rings. The molecule has 0 aromatic heterocycles. The molecule has 1 saturated carbocycles. The molecule has 0 unspecified atom stereocenters. The van der Waals surface area contributed by atoms with E-state index in [9.17, 15) is 24.6 Å². The van der Waals surface area contributed by atoms with Gasteiger partial charge in [-0.2, -0.15) is 0 Å². The number of fused-ring (bicyclic) bond motifs is 2. The van der Waals surface area contributed by atoms with Crippen molar-refractivity contribution in [2.45, 2.75) is 44.3 Å². The number of likely N-dealkylation sites (tertiary alicyclic amines) is 1. The number of carbonyl (C=O) groups excluding carboxylic acids is 3. The van der Waals surface area contributed by atoms with Crippen molar-refractivity contribution in [2.24, 2.45) is 11.8 Å². The fraction of sp³-hybridized carbons (Fsp3) is 0.413. The highest BCUT2D eigenvalue weighted by molar-refractivity contribution is 5.97. The molecule has 3 aliphatic rings. The summed E-state index contributed by atoms with van der Waals surface area (Å²) in [6, 6.07) is 29.5. The van der Waals surface area contributed by atoms with Crippen molar-refractivity contribution in [2.75, 3.05) is 76.8 Å². The summed E-state index contributed by atoms with van der Waals surface area (Å²) in [4.78, 5) is 41.4. The number of likely N-dealkylation sites (N-methyl/N-ethyl adjacent to an activating group) is 1. The van der Waals surface area contributed by atoms with E-state index in [0.717, 1.165) is 62.1 Å². The Kier molecular flexibility index (Phi) is 14.1. The lowest BCUT2D eigenvalue weighted by atomic mass is 10.0. The molecule has 2 heterocycles. The smallest absolute Gasteiger partial charge is 0.411 e. The molecule has 4 aromatic rings. The summed E-state index contributed by atoms with van der Waals surface area (Å²) in [5, 5.41) is 29.5. The predicted molar refractivity (Wildman–Crippen MR) is 225 cm³/mol. The minimum Gasteiger partial charge on any atom is -0.506 e. The average Bonchev–Trinajstić information content (AvgIpc) is 3.80. The number of hydrogen-bond acceptors (Lipinski definition) is 10. The Balaban J connectivity index is 0.742. The first-order valence-corrected chi connectivity index (χ1v) is 20.6. The van der Waals surface area contributed by atoms with Crippen LogP contribution in [-0.4, -0.2) is 110 Å². The van der Waals surface area contributed by atoms with E-state index in [-0.39, 0.29) is 60.8 Å². The summed E-state index contributed by atoms with van der Waals surface area (Å²) in [7, 11) is 1.74. The lowest BCUT2D eigenvalue weighted by Crippen LogP contribution is -2.35. The highest BCUT2D eigenvalue weighted by Gasteiger charge is 2.42. The van der Waals surface area contributed by atoms with E-state index in [1.165, 1.54) is 17.2 Å². The van der Waals surface area contributed by atoms with Crippen LogP contribution in [0.15, 0.2) is 91.0 Å². The SMILES string of the molecule is CN(CCNC[C@H](O)c1ccc(O)c2c1OCC(=O)N2)C(=O)CCOCCc1cccc(CCN2C[C@H]3C[C@H](OC(=O)Nc4ccccc4-c4ccccc4)C[C@H]3C2)c1. The van der Waals surface area contributed by atoms with Crippen LogP contribution in [0.5, 0.6) is 11.5 Å². The third-order valence-corrected chi connectivity index (χ3v) is 11.5. The number of amides is 3. The molecular weight excluding hydrogens is 751 g/mol. The zero-order valence-electron chi connectivity index (χ0n) is 33.6. The Labute approximate surface area is 345 Å². The minimum atomic E-state index is -0.937. The Morgan fingerprint density at radius 3 is 2.49 bits per heavy atom. The summed E-state index contributed by atoms with van der Waals surface area (Å²) in [5.41, 5.74) is 5.90. The van der Waals surface area contributed by atoms with Crippen molar-refractivity contribution in [3.05, 3.63) is 108 Å². The third kappa shape index (κ3) is 11.2. The zero-order chi connectivity index (χ0) is 41.1. The van der Waals surface area contributed by atoms with Crippen LogP contribution in [0.2, 0.25) is 0 Å². The molecule has 0 spiro atoms. The van der Waals surface area contributed by atoms with E-state index in [1.807, 2.05) is 54.6 Å². The van der Waals surface area contributed by atoms with Gasteiger partial charge in [0.25, 0.3) is 5.91 Å². The van der Waals surface area contributed by atoms with Gasteiger partial charge in [0.05, 0.1) is 31.4 Å². The fourth-order valence-electron chi connectivity index (χ4n) is 8.40. The quantitative estimate of drug-likeness (QED) is 0.0631. The number of carbonyl (C=O) groups is 3. The molecule has 3 amide bonds. The standard InChI is InChI=1S/C46H55N5O8/c1-50(21-19-47-27-41(53)38-14-15-40(52)44-45(38)58-30-42(54)49-44)43(55)18-23-57-22-17-32-9-7-8-31(24-32)16-20-51-28-34-25-36(26-35(34)29-51)59-46(56)48-39-13-6-5-12-37(39)33-10-3-2-4-11-33/h2-15,24,34-36,41,47,52-53H,16-23,25-30H2,1H3,(H,48,56)(H,49,54)/t34-,35+,36+,41-/m0/s1. The van der Waals surface area contributed by atoms with Crippen LogP contribution in [-0.2, 0) is 31.9 Å². The van der Waals surface area contributed by atoms with Crippen molar-refractivity contribution in [1.29, 1.82) is 0 Å². The predicted octanol–water partition coefficient (Wildman–Crippen LogP) is 5.62. The molecule has 13 heteroatoms. The second-order valence-corrected chi connectivity index (χ2v) is 15.7. The number of ether oxygens (including phenoxy) is 3. The Bertz CT molecular complexity index is 2050. The molecule has 312 valence electrons. The van der Waals surface area contributed by atoms with E-state index in [4.69, 9.17) is 14.2 Å². The number of phenolic OH excluding ortho intramolecular Hbond substituents is 1. The number of nitrogens with one attached hydrogen (secondary N) is 3. The minimum absolute atomic E-state index is 0.0219. The Morgan fingerprint density at radius 1 is 0.949 bits per heavy atom. The largest absolute Gasteiger partial charge is 0.506 e. The van der Waals surface area contributed by atoms with Gasteiger partial charge in [0.15, 0.2) is 12.4 Å². The van der Waals surface area contributed by atoms with Gasteiger partial charge in [-0.25, -0.2) is 4.79 Å². The Morgan fingerprint density at radius 2 is 1.69 bits per heavy atom. The van der Waals surface area contributed by atoms with Crippen molar-refractivity contribution < 1.29 is 38.8 Å². The maximum absolute atomic E-state index is 12.9. The summed E-state index contributed by atoms with van der Waals surface area (Å²) in [6.45, 7) is 4.87. The Hall–Kier alpha value is -5.47. The van der Waals surface area contributed by atoms with Crippen molar-refractivity contribution in [1.82, 2.24) is 15.1 Å². The van der Waals surface area contributed by atoms with Crippen LogP contribution < -0.4 is 20.7 Å². The molecule has 1 saturated heterocycles. The molecule has 1 aliphatic carbocycles. The van der Waals surface area contributed by atoms with E-state index in [0.29, 0.717) is 43.7 Å². The van der Waals surface area contributed by atoms with Crippen LogP contribution >= 0.6 is 0 Å². The molecule has 13 nitrogen and oxygen atoms in total. The van der Waals surface area contributed by atoms with E-state index in [1.54, 1.807) is 18.0 Å². The molecule has 4 aromatic carbocycles. The van der Waals surface area contributed by atoms with Gasteiger partial charge in [0.2, 0.25) is 5.91 Å². The monoisotopic (exact) mass is 805 g/mol. The number of phenols is 1. The molecule has 0 radical (unpaired) electrons. The number of hydrogen-bond donors (Lipinski definition) is 5. The lowest BCUT2D eigenvalue weighted by molar-refractivity contribution is -0.131. The number of rotatable bonds is 18. The topological polar surface area (TPSA) is 162 Å². The van der Waals surface area contributed by atoms with Gasteiger partial charge in [0, 0.05) is 57.4 Å². The van der Waals surface area contributed by atoms with Crippen LogP contribution in [0, 0.1) is 11.8 Å². The van der Waals surface area contributed by atoms with E-state index < -0.39 is 6.10 Å². The highest BCUT2D eigenvalue weighted by Crippen LogP contribution is 2.42. The van der Waals surface area contributed by atoms with E-state index >= 15 is 0 Å². The van der Waals surface area contributed by atoms with Gasteiger partial charge in [-0.15, -0.1) is 0 Å². The number of benzene rings is 4. The number of para-hydroxylation sites is 1. The highest BCUT2D eigenvalue weighted by atomic mass is 16.6. The number of nitrogens with zero attached hydrogens (tertiary/aromatic N) is 2. The van der Waals surface area contributed by atoms with Crippen molar-refractivity contribution in [3.63, 3.8) is 0 Å². The van der Waals surface area contributed by atoms with Crippen LogP contribution in [0.3, 0.4) is 0 Å². The average molecular weight is 806 g/mol. The number of aromatic hydroxyl groups is 1. The van der Waals surface area contributed by atoms with E-state index in [2.05, 4.69) is 45.1 Å². The molecule has 2 aliphatic heterocycles. The number of aliphatic hydroxyl groups excluding tert-OH is 1. The molecule has 59 heavy (non-hydrogen) atoms.